The molecular formula is C15H19N3O7S. The Morgan fingerprint density at radius 2 is 2.08 bits per heavy atom. The van der Waals surface area contributed by atoms with Gasteiger partial charge in [-0.25, -0.2) is 4.79 Å². The van der Waals surface area contributed by atoms with Crippen molar-refractivity contribution in [1.29, 1.82) is 0 Å². The summed E-state index contributed by atoms with van der Waals surface area (Å²) in [6.07, 6.45) is 0.243. The average Bonchev–Trinajstić information content (AvgIpc) is 3.42. The van der Waals surface area contributed by atoms with Gasteiger partial charge in [0, 0.05) is 17.7 Å². The number of aliphatic carboxylic acids is 2. The Kier molecular flexibility index (Phi) is 5.21. The van der Waals surface area contributed by atoms with Crippen LogP contribution in [0.15, 0.2) is 11.3 Å². The topological polar surface area (TPSA) is 163 Å². The Hall–Kier alpha value is -2.11. The molecule has 0 radical (unpaired) electrons. The van der Waals surface area contributed by atoms with Crippen molar-refractivity contribution in [2.75, 3.05) is 12.4 Å². The Bertz CT molecular complexity index is 691. The number of nitrogens with zero attached hydrogens (tertiary/aromatic N) is 1. The lowest BCUT2D eigenvalue weighted by molar-refractivity contribution is -0.150. The van der Waals surface area contributed by atoms with E-state index < -0.39 is 41.2 Å². The molecule has 0 aliphatic carbocycles. The van der Waals surface area contributed by atoms with E-state index in [2.05, 4.69) is 5.32 Å². The van der Waals surface area contributed by atoms with Crippen LogP contribution in [0.25, 0.3) is 0 Å². The summed E-state index contributed by atoms with van der Waals surface area (Å²) >= 11 is 1.39. The molecule has 0 aromatic heterocycles. The molecule has 0 spiro atoms. The summed E-state index contributed by atoms with van der Waals surface area (Å²) in [5, 5.41) is 20.3. The Morgan fingerprint density at radius 3 is 2.65 bits per heavy atom. The van der Waals surface area contributed by atoms with Crippen LogP contribution in [0.3, 0.4) is 0 Å². The summed E-state index contributed by atoms with van der Waals surface area (Å²) in [5.74, 6) is -2.73. The highest BCUT2D eigenvalue weighted by Crippen LogP contribution is 2.43. The second-order valence-corrected chi connectivity index (χ2v) is 7.40. The first-order chi connectivity index (χ1) is 12.3. The third-order valence-corrected chi connectivity index (χ3v) is 5.78. The summed E-state index contributed by atoms with van der Waals surface area (Å²) < 4.78 is 5.15. The standard InChI is InChI=1S/C15H19N3O7S/c16-7(14(21)22)2-1-3-9(19)17-10-12(20)18-11(15(23)24)6(8-4-25-8)5-26-13(10)18/h7-8,10,13H,1-5,16H2,(H,17,19)(H,21,22)(H,23,24)/t7-,8+,10-,13-/m1/s1. The van der Waals surface area contributed by atoms with Crippen molar-refractivity contribution in [3.05, 3.63) is 11.3 Å². The number of epoxide rings is 1. The minimum absolute atomic E-state index is 0.0424. The number of hydrogen-bond acceptors (Lipinski definition) is 7. The summed E-state index contributed by atoms with van der Waals surface area (Å²) in [7, 11) is 0. The summed E-state index contributed by atoms with van der Waals surface area (Å²) in [4.78, 5) is 47.8. The maximum absolute atomic E-state index is 12.4. The van der Waals surface area contributed by atoms with E-state index >= 15 is 0 Å². The molecule has 4 atom stereocenters. The highest BCUT2D eigenvalue weighted by molar-refractivity contribution is 8.00. The van der Waals surface area contributed by atoms with Crippen LogP contribution < -0.4 is 11.1 Å². The van der Waals surface area contributed by atoms with Crippen LogP contribution in [0, 0.1) is 0 Å². The monoisotopic (exact) mass is 385 g/mol. The molecule has 3 rings (SSSR count). The van der Waals surface area contributed by atoms with Crippen LogP contribution in [0.2, 0.25) is 0 Å². The van der Waals surface area contributed by atoms with E-state index in [4.69, 9.17) is 15.6 Å². The smallest absolute Gasteiger partial charge is 0.352 e. The molecule has 0 aromatic carbocycles. The number of fused-ring (bicyclic) bond motifs is 1. The first kappa shape index (κ1) is 18.7. The molecule has 5 N–H and O–H groups in total. The summed E-state index contributed by atoms with van der Waals surface area (Å²) in [5.41, 5.74) is 5.92. The van der Waals surface area contributed by atoms with Crippen LogP contribution in [0.4, 0.5) is 0 Å². The van der Waals surface area contributed by atoms with Crippen molar-refractivity contribution in [1.82, 2.24) is 10.2 Å². The zero-order valence-corrected chi connectivity index (χ0v) is 14.5. The van der Waals surface area contributed by atoms with Crippen molar-refractivity contribution in [2.24, 2.45) is 5.73 Å². The van der Waals surface area contributed by atoms with E-state index in [-0.39, 0.29) is 31.1 Å². The number of hydrogen-bond donors (Lipinski definition) is 4. The molecule has 10 nitrogen and oxygen atoms in total. The third-order valence-electron chi connectivity index (χ3n) is 4.48. The fourth-order valence-electron chi connectivity index (χ4n) is 2.99. The van der Waals surface area contributed by atoms with E-state index in [9.17, 15) is 24.3 Å². The van der Waals surface area contributed by atoms with E-state index in [0.717, 1.165) is 0 Å². The number of carboxylic acid groups (broad SMARTS) is 2. The highest BCUT2D eigenvalue weighted by Gasteiger charge is 2.55. The second kappa shape index (κ2) is 7.25. The normalized spacial score (nSPS) is 28.1. The lowest BCUT2D eigenvalue weighted by Gasteiger charge is -2.49. The van der Waals surface area contributed by atoms with E-state index in [0.29, 0.717) is 17.9 Å². The minimum Gasteiger partial charge on any atom is -0.480 e. The van der Waals surface area contributed by atoms with Gasteiger partial charge in [-0.2, -0.15) is 0 Å². The summed E-state index contributed by atoms with van der Waals surface area (Å²) in [6.45, 7) is 0.456. The number of β-lactam (4-membered cyclic amide) rings is 1. The molecule has 2 amide bonds. The van der Waals surface area contributed by atoms with E-state index in [1.807, 2.05) is 0 Å². The average molecular weight is 385 g/mol. The fraction of sp³-hybridized carbons (Fsp3) is 0.600. The van der Waals surface area contributed by atoms with E-state index in [1.165, 1.54) is 16.7 Å². The van der Waals surface area contributed by atoms with Crippen molar-refractivity contribution < 1.29 is 34.1 Å². The van der Waals surface area contributed by atoms with Gasteiger partial charge >= 0.3 is 11.9 Å². The van der Waals surface area contributed by atoms with Crippen molar-refractivity contribution in [3.8, 4) is 0 Å². The van der Waals surface area contributed by atoms with Gasteiger partial charge in [-0.3, -0.25) is 19.3 Å². The first-order valence-electron chi connectivity index (χ1n) is 8.11. The van der Waals surface area contributed by atoms with Crippen LogP contribution in [0.5, 0.6) is 0 Å². The third kappa shape index (κ3) is 3.55. The Morgan fingerprint density at radius 1 is 1.38 bits per heavy atom. The molecule has 0 bridgehead atoms. The molecule has 142 valence electrons. The number of rotatable bonds is 8. The number of nitrogens with one attached hydrogen (secondary N) is 1. The zero-order chi connectivity index (χ0) is 19.0. The number of carboxylic acids is 2. The Balaban J connectivity index is 1.56. The molecule has 26 heavy (non-hydrogen) atoms. The quantitative estimate of drug-likeness (QED) is 0.294. The minimum atomic E-state index is -1.18. The van der Waals surface area contributed by atoms with Crippen LogP contribution in [-0.2, 0) is 23.9 Å². The van der Waals surface area contributed by atoms with Gasteiger partial charge in [0.2, 0.25) is 5.91 Å². The predicted octanol–water partition coefficient (Wildman–Crippen LogP) is -1.29. The lowest BCUT2D eigenvalue weighted by atomic mass is 10.0. The number of carbonyl (C=O) groups is 4. The maximum Gasteiger partial charge on any atom is 0.352 e. The van der Waals surface area contributed by atoms with Crippen LogP contribution in [0.1, 0.15) is 19.3 Å². The molecular weight excluding hydrogens is 366 g/mol. The SMILES string of the molecule is N[C@H](CCCC(=O)N[C@@H]1C(=O)N2C(C(=O)O)=C([C@@H]3CO3)CS[C@H]12)C(=O)O. The number of ether oxygens (including phenoxy) is 1. The molecule has 3 heterocycles. The number of nitrogens with two attached hydrogens (primary N) is 1. The fourth-order valence-corrected chi connectivity index (χ4v) is 4.40. The number of carbonyl (C=O) groups excluding carboxylic acids is 2. The van der Waals surface area contributed by atoms with Crippen LogP contribution in [-0.4, -0.2) is 74.8 Å². The number of thioether (sulfide) groups is 1. The molecule has 2 saturated heterocycles. The molecule has 0 unspecified atom stereocenters. The molecule has 11 heteroatoms. The van der Waals surface area contributed by atoms with Crippen molar-refractivity contribution in [2.45, 2.75) is 42.8 Å². The molecule has 3 aliphatic rings. The van der Waals surface area contributed by atoms with Gasteiger partial charge in [0.1, 0.15) is 29.3 Å². The van der Waals surface area contributed by atoms with Gasteiger partial charge in [-0.15, -0.1) is 11.8 Å². The number of amides is 2. The van der Waals surface area contributed by atoms with Gasteiger partial charge in [0.05, 0.1) is 6.61 Å². The largest absolute Gasteiger partial charge is 0.480 e. The second-order valence-electron chi connectivity index (χ2n) is 6.29. The highest BCUT2D eigenvalue weighted by atomic mass is 32.2. The van der Waals surface area contributed by atoms with Gasteiger partial charge in [-0.1, -0.05) is 0 Å². The zero-order valence-electron chi connectivity index (χ0n) is 13.7. The van der Waals surface area contributed by atoms with Crippen molar-refractivity contribution >= 4 is 35.5 Å². The predicted molar refractivity (Wildman–Crippen MR) is 88.9 cm³/mol. The van der Waals surface area contributed by atoms with Crippen LogP contribution >= 0.6 is 11.8 Å². The molecule has 2 fully saturated rings. The molecule has 0 saturated carbocycles. The maximum atomic E-state index is 12.4. The Labute approximate surface area is 152 Å². The van der Waals surface area contributed by atoms with Gasteiger partial charge in [0.15, 0.2) is 0 Å². The van der Waals surface area contributed by atoms with Gasteiger partial charge in [0.25, 0.3) is 5.91 Å². The van der Waals surface area contributed by atoms with Crippen molar-refractivity contribution in [3.63, 3.8) is 0 Å². The molecule has 0 aromatic rings. The first-order valence-corrected chi connectivity index (χ1v) is 9.16. The van der Waals surface area contributed by atoms with Gasteiger partial charge in [-0.05, 0) is 12.8 Å². The van der Waals surface area contributed by atoms with E-state index in [1.54, 1.807) is 0 Å². The molecule has 3 aliphatic heterocycles. The lowest BCUT2D eigenvalue weighted by Crippen LogP contribution is -2.70. The summed E-state index contributed by atoms with van der Waals surface area (Å²) in [6, 6.07) is -1.81. The van der Waals surface area contributed by atoms with Gasteiger partial charge < -0.3 is 26.0 Å².